The van der Waals surface area contributed by atoms with Crippen LogP contribution in [0.3, 0.4) is 0 Å². The van der Waals surface area contributed by atoms with Crippen LogP contribution in [-0.2, 0) is 40.0 Å². The van der Waals surface area contributed by atoms with Crippen molar-refractivity contribution in [2.45, 2.75) is 61.2 Å². The number of fused-ring (bicyclic) bond motifs is 6. The number of benzene rings is 2. The number of rotatable bonds is 4. The minimum absolute atomic E-state index is 0. The molecule has 348 valence electrons. The lowest BCUT2D eigenvalue weighted by molar-refractivity contribution is -0.160. The predicted molar refractivity (Wildman–Crippen MR) is 227 cm³/mol. The zero-order valence-electron chi connectivity index (χ0n) is 35.7. The number of primary amides is 2. The maximum Gasteiger partial charge on any atom is 0.255 e. The van der Waals surface area contributed by atoms with Gasteiger partial charge in [-0.15, -0.1) is 12.4 Å². The van der Waals surface area contributed by atoms with Gasteiger partial charge in [0.15, 0.2) is 22.8 Å². The number of carbonyl (C=O) groups excluding carboxylic acids is 6. The van der Waals surface area contributed by atoms with Crippen LogP contribution < -0.4 is 11.5 Å². The van der Waals surface area contributed by atoms with Crippen molar-refractivity contribution < 1.29 is 79.8 Å². The van der Waals surface area contributed by atoms with Crippen molar-refractivity contribution in [3.63, 3.8) is 0 Å². The Morgan fingerprint density at radius 1 is 0.585 bits per heavy atom. The molecule has 8 rings (SSSR count). The number of aliphatic hydroxyl groups excluding tert-OH is 4. The van der Waals surface area contributed by atoms with Gasteiger partial charge in [0, 0.05) is 34.8 Å². The average molecular weight is 925 g/mol. The molecule has 20 nitrogen and oxygen atoms in total. The van der Waals surface area contributed by atoms with E-state index >= 15 is 0 Å². The molecule has 65 heavy (non-hydrogen) atoms. The maximum absolute atomic E-state index is 13.7. The molecule has 21 heteroatoms. The summed E-state index contributed by atoms with van der Waals surface area (Å²) in [6.07, 6.45) is -0.400. The number of hydrogen-bond donors (Lipinski definition) is 12. The van der Waals surface area contributed by atoms with Crippen molar-refractivity contribution in [3.05, 3.63) is 92.5 Å². The summed E-state index contributed by atoms with van der Waals surface area (Å²) in [6, 6.07) is 6.03. The lowest BCUT2D eigenvalue weighted by Crippen LogP contribution is -2.67. The highest BCUT2D eigenvalue weighted by Gasteiger charge is 2.68. The summed E-state index contributed by atoms with van der Waals surface area (Å²) in [5, 5.41) is 110. The fourth-order valence-electron chi connectivity index (χ4n) is 11.0. The molecule has 2 saturated carbocycles. The first-order valence-electron chi connectivity index (χ1n) is 19.9. The van der Waals surface area contributed by atoms with E-state index in [1.807, 2.05) is 0 Å². The van der Waals surface area contributed by atoms with E-state index in [4.69, 9.17) is 11.5 Å². The van der Waals surface area contributed by atoms with E-state index in [2.05, 4.69) is 0 Å². The third kappa shape index (κ3) is 6.26. The Bertz CT molecular complexity index is 2480. The van der Waals surface area contributed by atoms with Crippen LogP contribution in [0.2, 0.25) is 0 Å². The van der Waals surface area contributed by atoms with Crippen molar-refractivity contribution >= 4 is 58.9 Å². The number of hydrogen-bond acceptors (Lipinski definition) is 18. The number of carbonyl (C=O) groups is 6. The number of phenols is 2. The van der Waals surface area contributed by atoms with Crippen molar-refractivity contribution in [2.24, 2.45) is 35.1 Å². The van der Waals surface area contributed by atoms with Gasteiger partial charge in [0.2, 0.25) is 11.6 Å². The Balaban J connectivity index is 0.000000212. The first kappa shape index (κ1) is 48.3. The van der Waals surface area contributed by atoms with Crippen LogP contribution >= 0.6 is 12.4 Å². The standard InChI is InChI=1S/2C22H24N2O8.ClH/c2*1-21(31)8-5-4-6-11(25)12(8)16(26)13-9(21)7-10-15(24(2)3)17(27)14(20(23)30)19(29)22(10,32)18(13)28;/h2*4-6,9-10,15,25-26,29,31-32H,7H2,1-3H3,(H2,23,30);1H/t2*9-,10-,15-,21+,22-;/m00./s1. The van der Waals surface area contributed by atoms with Crippen molar-refractivity contribution in [1.82, 2.24) is 9.80 Å². The Labute approximate surface area is 376 Å². The first-order chi connectivity index (χ1) is 29.5. The van der Waals surface area contributed by atoms with Crippen molar-refractivity contribution in [2.75, 3.05) is 28.2 Å². The predicted octanol–water partition coefficient (Wildman–Crippen LogP) is -0.320. The van der Waals surface area contributed by atoms with Gasteiger partial charge in [-0.25, -0.2) is 0 Å². The molecule has 2 aromatic rings. The Morgan fingerprint density at radius 3 is 1.17 bits per heavy atom. The van der Waals surface area contributed by atoms with E-state index in [1.165, 1.54) is 88.2 Å². The molecule has 0 spiro atoms. The Hall–Kier alpha value is -6.13. The van der Waals surface area contributed by atoms with E-state index in [0.29, 0.717) is 0 Å². The van der Waals surface area contributed by atoms with Crippen LogP contribution in [0.25, 0.3) is 11.5 Å². The largest absolute Gasteiger partial charge is 0.508 e. The van der Waals surface area contributed by atoms with E-state index in [0.717, 1.165) is 0 Å². The minimum Gasteiger partial charge on any atom is -0.508 e. The summed E-state index contributed by atoms with van der Waals surface area (Å²) < 4.78 is 0. The van der Waals surface area contributed by atoms with Crippen LogP contribution in [0.15, 0.2) is 70.2 Å². The maximum atomic E-state index is 13.7. The zero-order valence-corrected chi connectivity index (χ0v) is 36.5. The van der Waals surface area contributed by atoms with Gasteiger partial charge < -0.3 is 62.5 Å². The van der Waals surface area contributed by atoms with Crippen LogP contribution in [-0.4, -0.2) is 147 Å². The fraction of sp³-hybridized carbons (Fsp3) is 0.409. The normalized spacial score (nSPS) is 33.8. The minimum atomic E-state index is -2.75. The van der Waals surface area contributed by atoms with Gasteiger partial charge in [0.05, 0.1) is 34.4 Å². The summed E-state index contributed by atoms with van der Waals surface area (Å²) in [5.74, 6) is -15.8. The molecule has 14 N–H and O–H groups in total. The molecule has 6 aliphatic rings. The molecule has 0 aromatic heterocycles. The van der Waals surface area contributed by atoms with Gasteiger partial charge >= 0.3 is 0 Å². The number of halogens is 1. The molecule has 0 radical (unpaired) electrons. The average Bonchev–Trinajstić information content (AvgIpc) is 3.18. The van der Waals surface area contributed by atoms with Gasteiger partial charge in [-0.05, 0) is 78.1 Å². The summed E-state index contributed by atoms with van der Waals surface area (Å²) in [5.41, 5.74) is -1.10. The molecule has 2 amide bonds. The van der Waals surface area contributed by atoms with Crippen LogP contribution in [0.5, 0.6) is 11.5 Å². The number of nitrogens with two attached hydrogens (primary N) is 2. The highest BCUT2D eigenvalue weighted by atomic mass is 35.5. The van der Waals surface area contributed by atoms with Gasteiger partial charge in [-0.2, -0.15) is 0 Å². The Kier molecular flexibility index (Phi) is 11.5. The van der Waals surface area contributed by atoms with Gasteiger partial charge in [0.25, 0.3) is 11.8 Å². The van der Waals surface area contributed by atoms with Gasteiger partial charge in [-0.3, -0.25) is 38.6 Å². The fourth-order valence-corrected chi connectivity index (χ4v) is 11.0. The highest BCUT2D eigenvalue weighted by Crippen LogP contribution is 2.59. The number of nitrogens with zero attached hydrogens (tertiary/aromatic N) is 2. The molecule has 0 saturated heterocycles. The molecule has 0 aliphatic heterocycles. The highest BCUT2D eigenvalue weighted by molar-refractivity contribution is 6.25. The number of ketones is 4. The lowest BCUT2D eigenvalue weighted by atomic mass is 9.54. The SMILES string of the molecule is CN(C)[C@@H]1C(=O)C(C(N)=O)=C(O)[C@@]2(O)C(=O)C3=C(O)c4c(O)cccc4[C@@](C)(O)[C@H]3C[C@@H]12.CN(C)[C@@H]1C(=O)C(C(N)=O)=C(O)[C@@]2(O)C(=O)C3=C(O)c4c(O)cccc4[C@@](C)(O)[C@H]3C[C@@H]12.Cl. The van der Waals surface area contributed by atoms with Crippen molar-refractivity contribution in [3.8, 4) is 11.5 Å². The summed E-state index contributed by atoms with van der Waals surface area (Å²) >= 11 is 0. The number of Topliss-reactive ketones (excluding diaryl/α,β-unsaturated/α-hetero) is 4. The van der Waals surface area contributed by atoms with Gasteiger partial charge in [-0.1, -0.05) is 24.3 Å². The Morgan fingerprint density at radius 2 is 0.892 bits per heavy atom. The second-order valence-corrected chi connectivity index (χ2v) is 17.9. The number of amides is 2. The molecule has 2 aromatic carbocycles. The molecule has 10 atom stereocenters. The van der Waals surface area contributed by atoms with E-state index in [1.54, 1.807) is 0 Å². The third-order valence-electron chi connectivity index (χ3n) is 14.0. The van der Waals surface area contributed by atoms with Crippen LogP contribution in [0.1, 0.15) is 48.9 Å². The summed E-state index contributed by atoms with van der Waals surface area (Å²) in [4.78, 5) is 80.0. The topological polar surface area (TPSA) is 363 Å². The molecular weight excluding hydrogens is 876 g/mol. The molecule has 2 fully saturated rings. The van der Waals surface area contributed by atoms with Crippen molar-refractivity contribution in [1.29, 1.82) is 0 Å². The number of likely N-dealkylation sites (N-methyl/N-ethyl adjacent to an activating group) is 2. The second-order valence-electron chi connectivity index (χ2n) is 17.9. The van der Waals surface area contributed by atoms with E-state index in [-0.39, 0.29) is 47.5 Å². The monoisotopic (exact) mass is 924 g/mol. The van der Waals surface area contributed by atoms with Crippen LogP contribution in [0.4, 0.5) is 0 Å². The second kappa shape index (κ2) is 15.5. The third-order valence-corrected chi connectivity index (χ3v) is 14.0. The van der Waals surface area contributed by atoms with E-state index < -0.39 is 150 Å². The number of aromatic hydroxyl groups is 2. The molecule has 6 aliphatic carbocycles. The molecule has 0 heterocycles. The summed E-state index contributed by atoms with van der Waals surface area (Å²) in [6.45, 7) is 2.81. The zero-order chi connectivity index (χ0) is 47.8. The number of phenolic OH excluding ortho intramolecular Hbond substituents is 2. The molecular formula is C44H49ClN4O16. The first-order valence-corrected chi connectivity index (χ1v) is 19.9. The number of aliphatic hydroxyl groups is 8. The van der Waals surface area contributed by atoms with Crippen LogP contribution in [0, 0.1) is 23.7 Å². The van der Waals surface area contributed by atoms with E-state index in [9.17, 15) is 79.8 Å². The lowest BCUT2D eigenvalue weighted by Gasteiger charge is -2.53. The summed E-state index contributed by atoms with van der Waals surface area (Å²) in [7, 11) is 6.01. The quantitative estimate of drug-likeness (QED) is 0.175. The van der Waals surface area contributed by atoms with Gasteiger partial charge in [0.1, 0.15) is 45.7 Å². The molecule has 0 bridgehead atoms. The molecule has 0 unspecified atom stereocenters. The smallest absolute Gasteiger partial charge is 0.255 e.